The highest BCUT2D eigenvalue weighted by molar-refractivity contribution is 6.29. The molecule has 1 atom stereocenters. The molecule has 8 aromatic rings. The fourth-order valence-electron chi connectivity index (χ4n) is 7.21. The van der Waals surface area contributed by atoms with Crippen LogP contribution in [0, 0.1) is 5.92 Å². The van der Waals surface area contributed by atoms with Crippen molar-refractivity contribution < 1.29 is 0 Å². The standard InChI is InChI=1S/C47H36ClN7/c1-33-13-11-12-20-43(33)54(38-18-9-4-10-19-38)40-27-23-35(24-28-40)42-30-29-41(46-47(42)52-55(51-46)45-32-31-44(48)49-50-45)34-21-25-39(26-22-34)53(36-14-5-2-6-15-36)37-16-7-3-8-17-37/h2-12,14-33H,13H2,1H3. The second kappa shape index (κ2) is 14.9. The predicted octanol–water partition coefficient (Wildman–Crippen LogP) is 12.3. The molecule has 1 aliphatic carbocycles. The summed E-state index contributed by atoms with van der Waals surface area (Å²) in [5.74, 6) is 0.865. The van der Waals surface area contributed by atoms with Gasteiger partial charge in [-0.1, -0.05) is 122 Å². The Morgan fingerprint density at radius 3 is 1.47 bits per heavy atom. The lowest BCUT2D eigenvalue weighted by molar-refractivity contribution is 0.670. The average Bonchev–Trinajstić information content (AvgIpc) is 3.69. The quantitative estimate of drug-likeness (QED) is 0.147. The zero-order valence-electron chi connectivity index (χ0n) is 30.1. The number of benzene rings is 6. The third kappa shape index (κ3) is 6.78. The van der Waals surface area contributed by atoms with Gasteiger partial charge < -0.3 is 9.80 Å². The van der Waals surface area contributed by atoms with Crippen LogP contribution in [0.15, 0.2) is 188 Å². The summed E-state index contributed by atoms with van der Waals surface area (Å²) in [7, 11) is 0. The van der Waals surface area contributed by atoms with Gasteiger partial charge >= 0.3 is 0 Å². The maximum Gasteiger partial charge on any atom is 0.196 e. The number of anilines is 5. The summed E-state index contributed by atoms with van der Waals surface area (Å²) in [6.07, 6.45) is 7.62. The molecule has 1 aliphatic rings. The van der Waals surface area contributed by atoms with Crippen LogP contribution in [0.2, 0.25) is 5.15 Å². The van der Waals surface area contributed by atoms with Crippen molar-refractivity contribution in [2.75, 3.05) is 9.80 Å². The highest BCUT2D eigenvalue weighted by Crippen LogP contribution is 2.40. The highest BCUT2D eigenvalue weighted by atomic mass is 35.5. The molecule has 9 rings (SSSR count). The van der Waals surface area contributed by atoms with Gasteiger partial charge in [-0.15, -0.1) is 25.2 Å². The Morgan fingerprint density at radius 2 is 1.00 bits per heavy atom. The van der Waals surface area contributed by atoms with E-state index in [9.17, 15) is 0 Å². The predicted molar refractivity (Wildman–Crippen MR) is 225 cm³/mol. The van der Waals surface area contributed by atoms with E-state index in [1.807, 2.05) is 12.1 Å². The monoisotopic (exact) mass is 733 g/mol. The van der Waals surface area contributed by atoms with Crippen molar-refractivity contribution in [1.29, 1.82) is 0 Å². The molecule has 6 aromatic carbocycles. The van der Waals surface area contributed by atoms with Gasteiger partial charge in [0.25, 0.3) is 0 Å². The summed E-state index contributed by atoms with van der Waals surface area (Å²) in [6, 6.07) is 56.4. The van der Waals surface area contributed by atoms with Gasteiger partial charge in [0.1, 0.15) is 11.0 Å². The maximum absolute atomic E-state index is 6.10. The molecule has 0 spiro atoms. The lowest BCUT2D eigenvalue weighted by Gasteiger charge is -2.32. The van der Waals surface area contributed by atoms with Gasteiger partial charge in [-0.05, 0) is 96.4 Å². The number of para-hydroxylation sites is 3. The molecular formula is C47H36ClN7. The van der Waals surface area contributed by atoms with E-state index < -0.39 is 0 Å². The maximum atomic E-state index is 6.10. The number of rotatable bonds is 9. The van der Waals surface area contributed by atoms with Gasteiger partial charge in [-0.3, -0.25) is 0 Å². The van der Waals surface area contributed by atoms with Gasteiger partial charge in [-0.25, -0.2) is 0 Å². The Kier molecular flexibility index (Phi) is 9.20. The van der Waals surface area contributed by atoms with Crippen molar-refractivity contribution in [2.24, 2.45) is 5.92 Å². The number of hydrogen-bond acceptors (Lipinski definition) is 6. The largest absolute Gasteiger partial charge is 0.314 e. The summed E-state index contributed by atoms with van der Waals surface area (Å²) >= 11 is 6.10. The summed E-state index contributed by atoms with van der Waals surface area (Å²) in [5.41, 5.74) is 12.2. The number of halogens is 1. The molecule has 266 valence electrons. The minimum atomic E-state index is 0.307. The topological polar surface area (TPSA) is 63.0 Å². The van der Waals surface area contributed by atoms with Gasteiger partial charge in [0.05, 0.1) is 0 Å². The molecule has 0 saturated carbocycles. The van der Waals surface area contributed by atoms with E-state index >= 15 is 0 Å². The molecule has 55 heavy (non-hydrogen) atoms. The van der Waals surface area contributed by atoms with Crippen molar-refractivity contribution in [2.45, 2.75) is 13.3 Å². The number of allylic oxidation sites excluding steroid dienone is 4. The molecule has 0 amide bonds. The molecule has 0 aliphatic heterocycles. The first-order valence-corrected chi connectivity index (χ1v) is 18.7. The van der Waals surface area contributed by atoms with Gasteiger partial charge in [0.15, 0.2) is 11.0 Å². The molecule has 0 bridgehead atoms. The van der Waals surface area contributed by atoms with Crippen LogP contribution in [0.5, 0.6) is 0 Å². The van der Waals surface area contributed by atoms with Crippen molar-refractivity contribution in [3.8, 4) is 28.1 Å². The van der Waals surface area contributed by atoms with Crippen LogP contribution in [0.25, 0.3) is 39.1 Å². The van der Waals surface area contributed by atoms with E-state index in [0.29, 0.717) is 16.9 Å². The molecule has 2 heterocycles. The fraction of sp³-hybridized carbons (Fsp3) is 0.0638. The molecule has 7 nitrogen and oxygen atoms in total. The molecule has 0 N–H and O–H groups in total. The Morgan fingerprint density at radius 1 is 0.527 bits per heavy atom. The van der Waals surface area contributed by atoms with Gasteiger partial charge in [0, 0.05) is 51.2 Å². The van der Waals surface area contributed by atoms with E-state index in [1.165, 1.54) is 10.5 Å². The zero-order chi connectivity index (χ0) is 37.1. The van der Waals surface area contributed by atoms with E-state index in [1.54, 1.807) is 12.1 Å². The van der Waals surface area contributed by atoms with Crippen LogP contribution < -0.4 is 9.80 Å². The molecular weight excluding hydrogens is 698 g/mol. The summed E-state index contributed by atoms with van der Waals surface area (Å²) < 4.78 is 0. The van der Waals surface area contributed by atoms with E-state index in [2.05, 4.69) is 185 Å². The lowest BCUT2D eigenvalue weighted by Crippen LogP contribution is -2.22. The summed E-state index contributed by atoms with van der Waals surface area (Å²) in [4.78, 5) is 6.15. The molecule has 1 unspecified atom stereocenters. The molecule has 2 aromatic heterocycles. The first-order valence-electron chi connectivity index (χ1n) is 18.3. The Bertz CT molecular complexity index is 2580. The van der Waals surface area contributed by atoms with Crippen molar-refractivity contribution in [1.82, 2.24) is 25.2 Å². The summed E-state index contributed by atoms with van der Waals surface area (Å²) in [5, 5.41) is 18.7. The van der Waals surface area contributed by atoms with E-state index in [0.717, 1.165) is 68.1 Å². The van der Waals surface area contributed by atoms with Crippen molar-refractivity contribution in [3.63, 3.8) is 0 Å². The molecule has 0 radical (unpaired) electrons. The van der Waals surface area contributed by atoms with Crippen LogP contribution >= 0.6 is 11.6 Å². The molecule has 0 saturated heterocycles. The Labute approximate surface area is 325 Å². The third-order valence-electron chi connectivity index (χ3n) is 9.94. The number of fused-ring (bicyclic) bond motifs is 1. The van der Waals surface area contributed by atoms with E-state index in [-0.39, 0.29) is 0 Å². The van der Waals surface area contributed by atoms with E-state index in [4.69, 9.17) is 21.8 Å². The first-order chi connectivity index (χ1) is 27.1. The van der Waals surface area contributed by atoms with Crippen LogP contribution in [0.3, 0.4) is 0 Å². The highest BCUT2D eigenvalue weighted by Gasteiger charge is 2.22. The van der Waals surface area contributed by atoms with Crippen LogP contribution in [0.4, 0.5) is 28.4 Å². The first kappa shape index (κ1) is 34.0. The third-order valence-corrected chi connectivity index (χ3v) is 10.1. The molecule has 0 fully saturated rings. The summed E-state index contributed by atoms with van der Waals surface area (Å²) in [6.45, 7) is 2.28. The van der Waals surface area contributed by atoms with Gasteiger partial charge in [-0.2, -0.15) is 0 Å². The number of aromatic nitrogens is 5. The fourth-order valence-corrected chi connectivity index (χ4v) is 7.31. The smallest absolute Gasteiger partial charge is 0.196 e. The average molecular weight is 734 g/mol. The lowest BCUT2D eigenvalue weighted by atomic mass is 9.95. The Hall–Kier alpha value is -6.83. The Balaban J connectivity index is 1.12. The van der Waals surface area contributed by atoms with Gasteiger partial charge in [0.2, 0.25) is 0 Å². The second-order valence-corrected chi connectivity index (χ2v) is 13.9. The van der Waals surface area contributed by atoms with Crippen LogP contribution in [-0.4, -0.2) is 25.2 Å². The number of hydrogen-bond donors (Lipinski definition) is 0. The van der Waals surface area contributed by atoms with Crippen LogP contribution in [-0.2, 0) is 0 Å². The minimum absolute atomic E-state index is 0.307. The molecule has 8 heteroatoms. The van der Waals surface area contributed by atoms with Crippen molar-refractivity contribution >= 4 is 51.1 Å². The van der Waals surface area contributed by atoms with Crippen molar-refractivity contribution in [3.05, 3.63) is 193 Å². The zero-order valence-corrected chi connectivity index (χ0v) is 30.9. The van der Waals surface area contributed by atoms with Crippen LogP contribution in [0.1, 0.15) is 13.3 Å². The number of nitrogens with zero attached hydrogens (tertiary/aromatic N) is 7. The second-order valence-electron chi connectivity index (χ2n) is 13.5. The normalized spacial score (nSPS) is 13.8. The minimum Gasteiger partial charge on any atom is -0.314 e. The SMILES string of the molecule is CC1CC=CC=C1N(c1ccccc1)c1ccc(-c2ccc(-c3ccc(N(c4ccccc4)c4ccccc4)cc3)c3nn(-c4ccc(Cl)nn4)nc23)cc1.